The minimum atomic E-state index is -4.37. The molecule has 40 heavy (non-hydrogen) atoms. The van der Waals surface area contributed by atoms with Gasteiger partial charge in [0.05, 0.1) is 11.3 Å². The van der Waals surface area contributed by atoms with Gasteiger partial charge in [0.2, 0.25) is 5.95 Å². The first-order chi connectivity index (χ1) is 19.3. The molecule has 0 bridgehead atoms. The molecule has 0 amide bonds. The summed E-state index contributed by atoms with van der Waals surface area (Å²) in [5.41, 5.74) is 3.81. The summed E-state index contributed by atoms with van der Waals surface area (Å²) in [5.74, 6) is 0.588. The van der Waals surface area contributed by atoms with E-state index in [0.29, 0.717) is 23.8 Å². The average Bonchev–Trinajstić information content (AvgIpc) is 3.00. The van der Waals surface area contributed by atoms with Gasteiger partial charge < -0.3 is 14.7 Å². The minimum Gasteiger partial charge on any atom is -0.345 e. The molecule has 6 nitrogen and oxygen atoms in total. The van der Waals surface area contributed by atoms with Crippen LogP contribution in [0.25, 0.3) is 11.3 Å². The van der Waals surface area contributed by atoms with Gasteiger partial charge in [0.15, 0.2) is 0 Å². The van der Waals surface area contributed by atoms with Crippen molar-refractivity contribution in [3.05, 3.63) is 96.4 Å². The Morgan fingerprint density at radius 2 is 1.50 bits per heavy atom. The molecule has 0 aliphatic carbocycles. The molecule has 0 saturated carbocycles. The van der Waals surface area contributed by atoms with E-state index in [4.69, 9.17) is 4.98 Å². The molecule has 0 radical (unpaired) electrons. The second-order valence-electron chi connectivity index (χ2n) is 10.0. The van der Waals surface area contributed by atoms with Gasteiger partial charge in [-0.15, -0.1) is 0 Å². The van der Waals surface area contributed by atoms with Crippen LogP contribution in [0, 0.1) is 0 Å². The summed E-state index contributed by atoms with van der Waals surface area (Å²) in [6, 6.07) is 19.5. The fraction of sp³-hybridized carbons (Fsp3) is 0.323. The van der Waals surface area contributed by atoms with E-state index in [1.54, 1.807) is 24.7 Å². The number of likely N-dealkylation sites (tertiary alicyclic amines) is 1. The minimum absolute atomic E-state index is 0.254. The fourth-order valence-electron chi connectivity index (χ4n) is 5.13. The molecule has 5 rings (SSSR count). The predicted molar refractivity (Wildman–Crippen MR) is 153 cm³/mol. The number of hydrogen-bond acceptors (Lipinski definition) is 6. The Hall–Kier alpha value is -3.98. The van der Waals surface area contributed by atoms with Crippen LogP contribution in [0.4, 0.5) is 30.5 Å². The zero-order valence-corrected chi connectivity index (χ0v) is 22.7. The number of alkyl halides is 3. The highest BCUT2D eigenvalue weighted by atomic mass is 19.4. The van der Waals surface area contributed by atoms with Crippen LogP contribution in [-0.4, -0.2) is 52.6 Å². The Morgan fingerprint density at radius 1 is 0.850 bits per heavy atom. The largest absolute Gasteiger partial charge is 0.416 e. The van der Waals surface area contributed by atoms with Crippen molar-refractivity contribution in [2.45, 2.75) is 38.5 Å². The van der Waals surface area contributed by atoms with Crippen LogP contribution in [0.2, 0.25) is 0 Å². The number of halogens is 3. The molecule has 1 fully saturated rings. The van der Waals surface area contributed by atoms with Gasteiger partial charge in [0.25, 0.3) is 0 Å². The van der Waals surface area contributed by atoms with Crippen LogP contribution < -0.4 is 9.80 Å². The van der Waals surface area contributed by atoms with Crippen molar-refractivity contribution in [2.75, 3.05) is 36.5 Å². The predicted octanol–water partition coefficient (Wildman–Crippen LogP) is 6.82. The first-order valence-electron chi connectivity index (χ1n) is 13.5. The smallest absolute Gasteiger partial charge is 0.345 e. The molecule has 9 heteroatoms. The third kappa shape index (κ3) is 6.42. The standard InChI is InChI=1S/C31H33F3N6/c1-3-39-20-15-28(16-21-39)40(22-23-4-10-26(11-5-23)38(2)27-12-17-35-18-13-27)30-36-19-14-29(37-30)24-6-8-25(9-7-24)31(32,33)34/h4-14,17-19,28H,3,15-16,20-22H2,1-2H3. The zero-order valence-electron chi connectivity index (χ0n) is 22.7. The number of benzene rings is 2. The summed E-state index contributed by atoms with van der Waals surface area (Å²) in [6.07, 6.45) is 2.86. The number of nitrogens with zero attached hydrogens (tertiary/aromatic N) is 6. The summed E-state index contributed by atoms with van der Waals surface area (Å²) in [4.78, 5) is 20.4. The summed E-state index contributed by atoms with van der Waals surface area (Å²) in [7, 11) is 2.03. The lowest BCUT2D eigenvalue weighted by molar-refractivity contribution is -0.137. The van der Waals surface area contributed by atoms with Gasteiger partial charge in [-0.1, -0.05) is 31.2 Å². The quantitative estimate of drug-likeness (QED) is 0.242. The summed E-state index contributed by atoms with van der Waals surface area (Å²) < 4.78 is 39.2. The first-order valence-corrected chi connectivity index (χ1v) is 13.5. The molecular formula is C31H33F3N6. The lowest BCUT2D eigenvalue weighted by Crippen LogP contribution is -2.45. The van der Waals surface area contributed by atoms with Crippen molar-refractivity contribution in [1.82, 2.24) is 19.9 Å². The molecule has 1 aliphatic heterocycles. The second kappa shape index (κ2) is 12.0. The fourth-order valence-corrected chi connectivity index (χ4v) is 5.13. The van der Waals surface area contributed by atoms with Crippen molar-refractivity contribution in [1.29, 1.82) is 0 Å². The van der Waals surface area contributed by atoms with Crippen molar-refractivity contribution in [3.8, 4) is 11.3 Å². The van der Waals surface area contributed by atoms with Gasteiger partial charge >= 0.3 is 6.18 Å². The Bertz CT molecular complexity index is 1370. The third-order valence-corrected chi connectivity index (χ3v) is 7.58. The molecule has 208 valence electrons. The molecule has 1 saturated heterocycles. The van der Waals surface area contributed by atoms with Gasteiger partial charge in [0.1, 0.15) is 0 Å². The number of piperidine rings is 1. The van der Waals surface area contributed by atoms with Crippen LogP contribution in [0.1, 0.15) is 30.9 Å². The number of pyridine rings is 1. The van der Waals surface area contributed by atoms with Gasteiger partial charge in [-0.3, -0.25) is 4.98 Å². The van der Waals surface area contributed by atoms with Crippen LogP contribution in [0.3, 0.4) is 0 Å². The van der Waals surface area contributed by atoms with E-state index in [1.165, 1.54) is 12.1 Å². The Morgan fingerprint density at radius 3 is 2.12 bits per heavy atom. The Kier molecular flexibility index (Phi) is 8.30. The van der Waals surface area contributed by atoms with Crippen LogP contribution >= 0.6 is 0 Å². The highest BCUT2D eigenvalue weighted by Crippen LogP contribution is 2.32. The van der Waals surface area contributed by atoms with Gasteiger partial charge in [-0.2, -0.15) is 13.2 Å². The lowest BCUT2D eigenvalue weighted by Gasteiger charge is -2.38. The maximum absolute atomic E-state index is 13.1. The summed E-state index contributed by atoms with van der Waals surface area (Å²) in [5, 5.41) is 0. The maximum Gasteiger partial charge on any atom is 0.416 e. The van der Waals surface area contributed by atoms with Crippen molar-refractivity contribution < 1.29 is 13.2 Å². The van der Waals surface area contributed by atoms with Crippen LogP contribution in [-0.2, 0) is 12.7 Å². The van der Waals surface area contributed by atoms with E-state index in [1.807, 2.05) is 19.2 Å². The van der Waals surface area contributed by atoms with Crippen molar-refractivity contribution in [3.63, 3.8) is 0 Å². The maximum atomic E-state index is 13.1. The Balaban J connectivity index is 1.40. The highest BCUT2D eigenvalue weighted by molar-refractivity contribution is 5.63. The number of rotatable bonds is 8. The molecular weight excluding hydrogens is 513 g/mol. The molecule has 4 aromatic rings. The molecule has 2 aromatic carbocycles. The molecule has 2 aromatic heterocycles. The number of anilines is 3. The van der Waals surface area contributed by atoms with E-state index >= 15 is 0 Å². The van der Waals surface area contributed by atoms with Crippen molar-refractivity contribution >= 4 is 17.3 Å². The normalized spacial score (nSPS) is 14.7. The van der Waals surface area contributed by atoms with Gasteiger partial charge in [-0.05, 0) is 67.4 Å². The van der Waals surface area contributed by atoms with E-state index in [-0.39, 0.29) is 6.04 Å². The van der Waals surface area contributed by atoms with Crippen molar-refractivity contribution in [2.24, 2.45) is 0 Å². The monoisotopic (exact) mass is 546 g/mol. The Labute approximate surface area is 233 Å². The van der Waals surface area contributed by atoms with Crippen LogP contribution in [0.5, 0.6) is 0 Å². The second-order valence-corrected chi connectivity index (χ2v) is 10.0. The van der Waals surface area contributed by atoms with E-state index in [2.05, 4.69) is 55.9 Å². The van der Waals surface area contributed by atoms with E-state index in [0.717, 1.165) is 61.5 Å². The summed E-state index contributed by atoms with van der Waals surface area (Å²) >= 11 is 0. The molecule has 0 atom stereocenters. The first kappa shape index (κ1) is 27.6. The molecule has 1 aliphatic rings. The SMILES string of the molecule is CCN1CCC(N(Cc2ccc(N(C)c3ccncc3)cc2)c2nccc(-c3ccc(C(F)(F)F)cc3)n2)CC1. The molecule has 0 N–H and O–H groups in total. The van der Waals surface area contributed by atoms with Gasteiger partial charge in [0, 0.05) is 68.3 Å². The topological polar surface area (TPSA) is 48.4 Å². The summed E-state index contributed by atoms with van der Waals surface area (Å²) in [6.45, 7) is 5.85. The number of aromatic nitrogens is 3. The molecule has 0 spiro atoms. The lowest BCUT2D eigenvalue weighted by atomic mass is 10.0. The van der Waals surface area contributed by atoms with Gasteiger partial charge in [-0.25, -0.2) is 9.97 Å². The van der Waals surface area contributed by atoms with E-state index < -0.39 is 11.7 Å². The number of hydrogen-bond donors (Lipinski definition) is 0. The van der Waals surface area contributed by atoms with E-state index in [9.17, 15) is 13.2 Å². The zero-order chi connectivity index (χ0) is 28.1. The third-order valence-electron chi connectivity index (χ3n) is 7.58. The highest BCUT2D eigenvalue weighted by Gasteiger charge is 2.30. The molecule has 0 unspecified atom stereocenters. The van der Waals surface area contributed by atoms with Crippen LogP contribution in [0.15, 0.2) is 85.3 Å². The average molecular weight is 547 g/mol. The molecule has 3 heterocycles.